The molecular formula is C14H16ClN3. The molecule has 0 bridgehead atoms. The standard InChI is InChI=1S/C14H16ClN3/c1-14(2,3)11-8-12(16)18-13(17-11)9-5-4-6-10(15)7-9/h4-8H,1-3H3,(H2,16,17,18). The van der Waals surface area contributed by atoms with Crippen molar-refractivity contribution >= 4 is 17.4 Å². The van der Waals surface area contributed by atoms with E-state index in [2.05, 4.69) is 30.7 Å². The van der Waals surface area contributed by atoms with Crippen LogP contribution in [-0.4, -0.2) is 9.97 Å². The molecule has 0 saturated heterocycles. The van der Waals surface area contributed by atoms with Crippen LogP contribution in [0, 0.1) is 0 Å². The third kappa shape index (κ3) is 2.79. The Hall–Kier alpha value is -1.61. The van der Waals surface area contributed by atoms with Gasteiger partial charge in [0, 0.05) is 22.1 Å². The molecule has 1 aromatic heterocycles. The van der Waals surface area contributed by atoms with E-state index in [1.165, 1.54) is 0 Å². The maximum atomic E-state index is 5.98. The van der Waals surface area contributed by atoms with Crippen LogP contribution in [-0.2, 0) is 5.41 Å². The number of rotatable bonds is 1. The van der Waals surface area contributed by atoms with Gasteiger partial charge in [-0.25, -0.2) is 9.97 Å². The number of nitrogen functional groups attached to an aromatic ring is 1. The maximum Gasteiger partial charge on any atom is 0.161 e. The topological polar surface area (TPSA) is 51.8 Å². The van der Waals surface area contributed by atoms with Crippen molar-refractivity contribution in [1.82, 2.24) is 9.97 Å². The number of nitrogens with two attached hydrogens (primary N) is 1. The van der Waals surface area contributed by atoms with Crippen molar-refractivity contribution in [3.63, 3.8) is 0 Å². The normalized spacial score (nSPS) is 11.6. The largest absolute Gasteiger partial charge is 0.384 e. The van der Waals surface area contributed by atoms with E-state index >= 15 is 0 Å². The first-order valence-corrected chi connectivity index (χ1v) is 6.15. The van der Waals surface area contributed by atoms with Gasteiger partial charge in [0.25, 0.3) is 0 Å². The molecule has 94 valence electrons. The smallest absolute Gasteiger partial charge is 0.161 e. The lowest BCUT2D eigenvalue weighted by atomic mass is 9.92. The van der Waals surface area contributed by atoms with E-state index in [1.807, 2.05) is 30.3 Å². The van der Waals surface area contributed by atoms with Crippen molar-refractivity contribution in [3.05, 3.63) is 41.0 Å². The number of halogens is 1. The molecule has 0 unspecified atom stereocenters. The van der Waals surface area contributed by atoms with E-state index in [0.717, 1.165) is 11.3 Å². The third-order valence-corrected chi connectivity index (χ3v) is 2.83. The second-order valence-electron chi connectivity index (χ2n) is 5.26. The molecule has 0 amide bonds. The van der Waals surface area contributed by atoms with Gasteiger partial charge in [-0.1, -0.05) is 44.5 Å². The minimum atomic E-state index is -0.0651. The predicted molar refractivity (Wildman–Crippen MR) is 75.6 cm³/mol. The fraction of sp³-hybridized carbons (Fsp3) is 0.286. The Balaban J connectivity index is 2.55. The molecule has 4 heteroatoms. The zero-order valence-electron chi connectivity index (χ0n) is 10.7. The van der Waals surface area contributed by atoms with Crippen molar-refractivity contribution < 1.29 is 0 Å². The highest BCUT2D eigenvalue weighted by Crippen LogP contribution is 2.25. The first-order valence-electron chi connectivity index (χ1n) is 5.77. The Kier molecular flexibility index (Phi) is 3.26. The quantitative estimate of drug-likeness (QED) is 0.852. The van der Waals surface area contributed by atoms with Gasteiger partial charge in [0.1, 0.15) is 5.82 Å². The van der Waals surface area contributed by atoms with E-state index in [1.54, 1.807) is 0 Å². The zero-order valence-corrected chi connectivity index (χ0v) is 11.5. The number of nitrogens with zero attached hydrogens (tertiary/aromatic N) is 2. The number of hydrogen-bond donors (Lipinski definition) is 1. The molecule has 0 saturated carbocycles. The lowest BCUT2D eigenvalue weighted by Gasteiger charge is -2.18. The molecule has 0 fully saturated rings. The van der Waals surface area contributed by atoms with E-state index in [-0.39, 0.29) is 5.41 Å². The molecule has 0 radical (unpaired) electrons. The van der Waals surface area contributed by atoms with E-state index in [4.69, 9.17) is 17.3 Å². The lowest BCUT2D eigenvalue weighted by molar-refractivity contribution is 0.568. The van der Waals surface area contributed by atoms with Gasteiger partial charge in [-0.2, -0.15) is 0 Å². The molecule has 2 N–H and O–H groups in total. The Bertz CT molecular complexity index is 573. The first kappa shape index (κ1) is 12.8. The summed E-state index contributed by atoms with van der Waals surface area (Å²) < 4.78 is 0. The summed E-state index contributed by atoms with van der Waals surface area (Å²) >= 11 is 5.98. The SMILES string of the molecule is CC(C)(C)c1cc(N)nc(-c2cccc(Cl)c2)n1. The van der Waals surface area contributed by atoms with Crippen LogP contribution < -0.4 is 5.73 Å². The Morgan fingerprint density at radius 2 is 1.83 bits per heavy atom. The van der Waals surface area contributed by atoms with Crippen LogP contribution in [0.15, 0.2) is 30.3 Å². The highest BCUT2D eigenvalue weighted by atomic mass is 35.5. The average molecular weight is 262 g/mol. The average Bonchev–Trinajstić information content (AvgIpc) is 2.27. The summed E-state index contributed by atoms with van der Waals surface area (Å²) in [5.41, 5.74) is 7.58. The number of anilines is 1. The number of benzene rings is 1. The molecule has 2 rings (SSSR count). The monoisotopic (exact) mass is 261 g/mol. The van der Waals surface area contributed by atoms with Crippen LogP contribution in [0.25, 0.3) is 11.4 Å². The summed E-state index contributed by atoms with van der Waals surface area (Å²) in [5.74, 6) is 1.09. The van der Waals surface area contributed by atoms with Gasteiger partial charge in [-0.05, 0) is 12.1 Å². The minimum absolute atomic E-state index is 0.0651. The fourth-order valence-corrected chi connectivity index (χ4v) is 1.80. The van der Waals surface area contributed by atoms with Crippen molar-refractivity contribution in [2.24, 2.45) is 0 Å². The summed E-state index contributed by atoms with van der Waals surface area (Å²) in [6.07, 6.45) is 0. The maximum absolute atomic E-state index is 5.98. The number of hydrogen-bond acceptors (Lipinski definition) is 3. The molecule has 0 aliphatic heterocycles. The molecule has 1 aromatic carbocycles. The zero-order chi connectivity index (χ0) is 13.3. The van der Waals surface area contributed by atoms with Gasteiger partial charge < -0.3 is 5.73 Å². The van der Waals surface area contributed by atoms with Crippen LogP contribution in [0.5, 0.6) is 0 Å². The van der Waals surface area contributed by atoms with Gasteiger partial charge in [-0.3, -0.25) is 0 Å². The van der Waals surface area contributed by atoms with Crippen LogP contribution in [0.4, 0.5) is 5.82 Å². The van der Waals surface area contributed by atoms with Gasteiger partial charge in [0.2, 0.25) is 0 Å². The summed E-state index contributed by atoms with van der Waals surface area (Å²) in [6, 6.07) is 9.27. The third-order valence-electron chi connectivity index (χ3n) is 2.60. The van der Waals surface area contributed by atoms with Crippen LogP contribution in [0.1, 0.15) is 26.5 Å². The molecule has 0 aliphatic rings. The second kappa shape index (κ2) is 4.58. The van der Waals surface area contributed by atoms with Crippen molar-refractivity contribution in [2.75, 3.05) is 5.73 Å². The molecule has 18 heavy (non-hydrogen) atoms. The first-order chi connectivity index (χ1) is 8.36. The van der Waals surface area contributed by atoms with Crippen LogP contribution in [0.3, 0.4) is 0 Å². The van der Waals surface area contributed by atoms with Crippen molar-refractivity contribution in [2.45, 2.75) is 26.2 Å². The van der Waals surface area contributed by atoms with Crippen LogP contribution in [0.2, 0.25) is 5.02 Å². The minimum Gasteiger partial charge on any atom is -0.384 e. The van der Waals surface area contributed by atoms with Crippen molar-refractivity contribution in [1.29, 1.82) is 0 Å². The Morgan fingerprint density at radius 1 is 1.11 bits per heavy atom. The molecule has 2 aromatic rings. The number of aromatic nitrogens is 2. The highest BCUT2D eigenvalue weighted by Gasteiger charge is 2.17. The summed E-state index contributed by atoms with van der Waals surface area (Å²) in [4.78, 5) is 8.83. The van der Waals surface area contributed by atoms with Gasteiger partial charge >= 0.3 is 0 Å². The predicted octanol–water partition coefficient (Wildman–Crippen LogP) is 3.68. The van der Waals surface area contributed by atoms with Crippen LogP contribution >= 0.6 is 11.6 Å². The second-order valence-corrected chi connectivity index (χ2v) is 5.70. The lowest BCUT2D eigenvalue weighted by Crippen LogP contribution is -2.15. The van der Waals surface area contributed by atoms with E-state index < -0.39 is 0 Å². The molecule has 0 spiro atoms. The van der Waals surface area contributed by atoms with E-state index in [9.17, 15) is 0 Å². The molecular weight excluding hydrogens is 246 g/mol. The summed E-state index contributed by atoms with van der Waals surface area (Å²) in [5, 5.41) is 0.663. The van der Waals surface area contributed by atoms with Crippen molar-refractivity contribution in [3.8, 4) is 11.4 Å². The molecule has 0 atom stereocenters. The molecule has 3 nitrogen and oxygen atoms in total. The Morgan fingerprint density at radius 3 is 2.44 bits per heavy atom. The van der Waals surface area contributed by atoms with Gasteiger partial charge in [-0.15, -0.1) is 0 Å². The highest BCUT2D eigenvalue weighted by molar-refractivity contribution is 6.30. The van der Waals surface area contributed by atoms with E-state index in [0.29, 0.717) is 16.7 Å². The molecule has 1 heterocycles. The molecule has 0 aliphatic carbocycles. The van der Waals surface area contributed by atoms with Gasteiger partial charge in [0.05, 0.1) is 5.69 Å². The summed E-state index contributed by atoms with van der Waals surface area (Å²) in [7, 11) is 0. The van der Waals surface area contributed by atoms with Gasteiger partial charge in [0.15, 0.2) is 5.82 Å². The Labute approximate surface area is 112 Å². The summed E-state index contributed by atoms with van der Waals surface area (Å²) in [6.45, 7) is 6.28. The fourth-order valence-electron chi connectivity index (χ4n) is 1.61.